The van der Waals surface area contributed by atoms with E-state index in [4.69, 9.17) is 9.47 Å². The number of carbonyl (C=O) groups excluding carboxylic acids is 2. The maximum absolute atomic E-state index is 12.4. The molecule has 1 heterocycles. The number of nitrogens with zero attached hydrogens (tertiary/aromatic N) is 1. The second kappa shape index (κ2) is 10.4. The van der Waals surface area contributed by atoms with Gasteiger partial charge >= 0.3 is 0 Å². The minimum atomic E-state index is -0.172. The summed E-state index contributed by atoms with van der Waals surface area (Å²) in [6.07, 6.45) is 4.56. The molecule has 1 aromatic rings. The Hall–Kier alpha value is -1.76. The largest absolute Gasteiger partial charge is 0.493 e. The molecule has 2 amide bonds. The van der Waals surface area contributed by atoms with Gasteiger partial charge in [0.2, 0.25) is 5.91 Å². The number of amides is 2. The summed E-state index contributed by atoms with van der Waals surface area (Å²) in [4.78, 5) is 26.3. The van der Waals surface area contributed by atoms with Crippen LogP contribution in [0.15, 0.2) is 16.6 Å². The lowest BCUT2D eigenvalue weighted by Crippen LogP contribution is -2.34. The molecule has 1 N–H and O–H groups in total. The maximum Gasteiger partial charge on any atom is 0.251 e. The van der Waals surface area contributed by atoms with Crippen LogP contribution >= 0.6 is 15.9 Å². The first kappa shape index (κ1) is 20.6. The van der Waals surface area contributed by atoms with Crippen molar-refractivity contribution in [2.24, 2.45) is 0 Å². The molecule has 6 nitrogen and oxygen atoms in total. The summed E-state index contributed by atoms with van der Waals surface area (Å²) in [6.45, 7) is 4.44. The number of hydrogen-bond acceptors (Lipinski definition) is 4. The van der Waals surface area contributed by atoms with Crippen molar-refractivity contribution in [3.63, 3.8) is 0 Å². The number of methoxy groups -OCH3 is 1. The van der Waals surface area contributed by atoms with Crippen LogP contribution in [0.25, 0.3) is 0 Å². The normalized spacial score (nSPS) is 14.7. The highest BCUT2D eigenvalue weighted by Crippen LogP contribution is 2.36. The van der Waals surface area contributed by atoms with Crippen LogP contribution in [-0.2, 0) is 4.79 Å². The van der Waals surface area contributed by atoms with Gasteiger partial charge in [0.1, 0.15) is 0 Å². The van der Waals surface area contributed by atoms with Gasteiger partial charge in [-0.2, -0.15) is 0 Å². The Bertz CT molecular complexity index is 636. The SMILES string of the molecule is CCOc1c(Br)cc(C(=O)NCCCN2CCCCCC2=O)cc1OC. The highest BCUT2D eigenvalue weighted by atomic mass is 79.9. The first-order valence-corrected chi connectivity index (χ1v) is 9.92. The number of hydrogen-bond donors (Lipinski definition) is 1. The van der Waals surface area contributed by atoms with Gasteiger partial charge in [-0.25, -0.2) is 0 Å². The topological polar surface area (TPSA) is 67.9 Å². The van der Waals surface area contributed by atoms with E-state index in [2.05, 4.69) is 21.2 Å². The first-order chi connectivity index (χ1) is 12.6. The second-order valence-electron chi connectivity index (χ2n) is 6.22. The van der Waals surface area contributed by atoms with Gasteiger partial charge < -0.3 is 19.7 Å². The molecule has 0 unspecified atom stereocenters. The van der Waals surface area contributed by atoms with Gasteiger partial charge in [-0.05, 0) is 54.2 Å². The molecule has 0 aromatic heterocycles. The zero-order valence-corrected chi connectivity index (χ0v) is 17.1. The van der Waals surface area contributed by atoms with E-state index in [0.717, 1.165) is 32.2 Å². The molecule has 0 saturated carbocycles. The van der Waals surface area contributed by atoms with Gasteiger partial charge in [0.25, 0.3) is 5.91 Å². The summed E-state index contributed by atoms with van der Waals surface area (Å²) in [5.41, 5.74) is 0.503. The molecule has 1 saturated heterocycles. The number of ether oxygens (including phenoxy) is 2. The van der Waals surface area contributed by atoms with Crippen LogP contribution in [0.3, 0.4) is 0 Å². The molecule has 0 radical (unpaired) electrons. The number of halogens is 1. The molecule has 2 rings (SSSR count). The molecular formula is C19H27BrN2O4. The van der Waals surface area contributed by atoms with Crippen molar-refractivity contribution >= 4 is 27.7 Å². The maximum atomic E-state index is 12.4. The van der Waals surface area contributed by atoms with Crippen molar-refractivity contribution in [3.05, 3.63) is 22.2 Å². The molecular weight excluding hydrogens is 400 g/mol. The van der Waals surface area contributed by atoms with Gasteiger partial charge in [0, 0.05) is 31.6 Å². The van der Waals surface area contributed by atoms with Gasteiger partial charge in [-0.15, -0.1) is 0 Å². The number of carbonyl (C=O) groups is 2. The Morgan fingerprint density at radius 1 is 1.31 bits per heavy atom. The van der Waals surface area contributed by atoms with E-state index in [9.17, 15) is 9.59 Å². The summed E-state index contributed by atoms with van der Waals surface area (Å²) in [7, 11) is 1.55. The van der Waals surface area contributed by atoms with E-state index in [1.807, 2.05) is 11.8 Å². The minimum Gasteiger partial charge on any atom is -0.493 e. The molecule has 1 aliphatic rings. The summed E-state index contributed by atoms with van der Waals surface area (Å²) in [5, 5.41) is 2.90. The van der Waals surface area contributed by atoms with Gasteiger partial charge in [-0.3, -0.25) is 9.59 Å². The average molecular weight is 427 g/mol. The molecule has 1 aliphatic heterocycles. The molecule has 0 spiro atoms. The Morgan fingerprint density at radius 3 is 2.85 bits per heavy atom. The molecule has 1 aromatic carbocycles. The lowest BCUT2D eigenvalue weighted by Gasteiger charge is -2.20. The number of benzene rings is 1. The molecule has 1 fully saturated rings. The Balaban J connectivity index is 1.87. The van der Waals surface area contributed by atoms with Gasteiger partial charge in [-0.1, -0.05) is 6.42 Å². The fraction of sp³-hybridized carbons (Fsp3) is 0.579. The van der Waals surface area contributed by atoms with Crippen LogP contribution in [0.2, 0.25) is 0 Å². The summed E-state index contributed by atoms with van der Waals surface area (Å²) < 4.78 is 11.5. The van der Waals surface area contributed by atoms with E-state index in [0.29, 0.717) is 47.7 Å². The van der Waals surface area contributed by atoms with E-state index in [-0.39, 0.29) is 11.8 Å². The van der Waals surface area contributed by atoms with Crippen LogP contribution in [0.5, 0.6) is 11.5 Å². The predicted molar refractivity (Wildman–Crippen MR) is 104 cm³/mol. The predicted octanol–water partition coefficient (Wildman–Crippen LogP) is 3.38. The van der Waals surface area contributed by atoms with Crippen molar-refractivity contribution in [2.75, 3.05) is 33.4 Å². The summed E-state index contributed by atoms with van der Waals surface area (Å²) in [5.74, 6) is 1.16. The summed E-state index contributed by atoms with van der Waals surface area (Å²) >= 11 is 3.43. The molecule has 0 bridgehead atoms. The fourth-order valence-corrected chi connectivity index (χ4v) is 3.54. The molecule has 26 heavy (non-hydrogen) atoms. The lowest BCUT2D eigenvalue weighted by molar-refractivity contribution is -0.130. The Morgan fingerprint density at radius 2 is 2.12 bits per heavy atom. The number of rotatable bonds is 8. The monoisotopic (exact) mass is 426 g/mol. The Labute approximate surface area is 163 Å². The number of nitrogens with one attached hydrogen (secondary N) is 1. The third-order valence-corrected chi connectivity index (χ3v) is 4.93. The van der Waals surface area contributed by atoms with Crippen LogP contribution in [-0.4, -0.2) is 50.1 Å². The van der Waals surface area contributed by atoms with Crippen LogP contribution in [0.1, 0.15) is 49.4 Å². The molecule has 144 valence electrons. The Kier molecular flexibility index (Phi) is 8.22. The van der Waals surface area contributed by atoms with Crippen LogP contribution in [0.4, 0.5) is 0 Å². The van der Waals surface area contributed by atoms with Crippen molar-refractivity contribution < 1.29 is 19.1 Å². The van der Waals surface area contributed by atoms with Crippen molar-refractivity contribution in [1.82, 2.24) is 10.2 Å². The highest BCUT2D eigenvalue weighted by Gasteiger charge is 2.17. The standard InChI is InChI=1S/C19H27BrN2O4/c1-3-26-18-15(20)12-14(13-16(18)25-2)19(24)21-9-7-11-22-10-6-4-5-8-17(22)23/h12-13H,3-11H2,1-2H3,(H,21,24). The smallest absolute Gasteiger partial charge is 0.251 e. The fourth-order valence-electron chi connectivity index (χ4n) is 2.98. The lowest BCUT2D eigenvalue weighted by atomic mass is 10.2. The third kappa shape index (κ3) is 5.62. The van der Waals surface area contributed by atoms with Crippen molar-refractivity contribution in [1.29, 1.82) is 0 Å². The van der Waals surface area contributed by atoms with Crippen molar-refractivity contribution in [3.8, 4) is 11.5 Å². The van der Waals surface area contributed by atoms with Gasteiger partial charge in [0.05, 0.1) is 18.2 Å². The van der Waals surface area contributed by atoms with Crippen molar-refractivity contribution in [2.45, 2.75) is 39.0 Å². The quantitative estimate of drug-likeness (QED) is 0.646. The zero-order valence-electron chi connectivity index (χ0n) is 15.5. The highest BCUT2D eigenvalue weighted by molar-refractivity contribution is 9.10. The molecule has 7 heteroatoms. The zero-order chi connectivity index (χ0) is 18.9. The minimum absolute atomic E-state index is 0.172. The third-order valence-electron chi connectivity index (χ3n) is 4.34. The van der Waals surface area contributed by atoms with E-state index < -0.39 is 0 Å². The average Bonchev–Trinajstić information content (AvgIpc) is 2.84. The van der Waals surface area contributed by atoms with Gasteiger partial charge in [0.15, 0.2) is 11.5 Å². The van der Waals surface area contributed by atoms with E-state index in [1.54, 1.807) is 19.2 Å². The number of likely N-dealkylation sites (tertiary alicyclic amines) is 1. The first-order valence-electron chi connectivity index (χ1n) is 9.13. The van der Waals surface area contributed by atoms with E-state index in [1.165, 1.54) is 0 Å². The molecule has 0 atom stereocenters. The van der Waals surface area contributed by atoms with E-state index >= 15 is 0 Å². The molecule has 0 aliphatic carbocycles. The second-order valence-corrected chi connectivity index (χ2v) is 7.08. The van der Waals surface area contributed by atoms with Crippen LogP contribution in [0, 0.1) is 0 Å². The van der Waals surface area contributed by atoms with Crippen LogP contribution < -0.4 is 14.8 Å². The summed E-state index contributed by atoms with van der Waals surface area (Å²) in [6, 6.07) is 3.39.